The van der Waals surface area contributed by atoms with Crippen LogP contribution in [0.3, 0.4) is 0 Å². The van der Waals surface area contributed by atoms with E-state index in [4.69, 9.17) is 5.73 Å². The third-order valence-corrected chi connectivity index (χ3v) is 3.75. The molecule has 1 heterocycles. The van der Waals surface area contributed by atoms with E-state index in [0.717, 1.165) is 36.8 Å². The van der Waals surface area contributed by atoms with E-state index in [1.807, 2.05) is 18.7 Å². The molecule has 0 bridgehead atoms. The zero-order valence-electron chi connectivity index (χ0n) is 11.2. The molecule has 1 fully saturated rings. The van der Waals surface area contributed by atoms with Gasteiger partial charge in [-0.2, -0.15) is 5.10 Å². The summed E-state index contributed by atoms with van der Waals surface area (Å²) in [4.78, 5) is 0. The summed E-state index contributed by atoms with van der Waals surface area (Å²) in [5.41, 5.74) is 7.46. The largest absolute Gasteiger partial charge is 0.368 e. The van der Waals surface area contributed by atoms with E-state index < -0.39 is 0 Å². The molecule has 0 aromatic carbocycles. The van der Waals surface area contributed by atoms with Crippen LogP contribution >= 0.6 is 0 Å². The van der Waals surface area contributed by atoms with Crippen LogP contribution in [0.1, 0.15) is 38.3 Å². The maximum atomic E-state index is 6.46. The monoisotopic (exact) mass is 236 g/mol. The molecule has 4 heteroatoms. The van der Waals surface area contributed by atoms with E-state index >= 15 is 0 Å². The van der Waals surface area contributed by atoms with Gasteiger partial charge < -0.3 is 11.1 Å². The average molecular weight is 236 g/mol. The Labute approximate surface area is 104 Å². The SMILES string of the molecule is Cc1cc(NCC2(N)CCCC(C)C2)n(C)n1. The fraction of sp³-hybridized carbons (Fsp3) is 0.769. The lowest BCUT2D eigenvalue weighted by atomic mass is 9.77. The summed E-state index contributed by atoms with van der Waals surface area (Å²) in [6.45, 7) is 5.15. The first-order valence-corrected chi connectivity index (χ1v) is 6.52. The molecule has 17 heavy (non-hydrogen) atoms. The molecule has 96 valence electrons. The molecular weight excluding hydrogens is 212 g/mol. The van der Waals surface area contributed by atoms with Gasteiger partial charge in [0.1, 0.15) is 5.82 Å². The van der Waals surface area contributed by atoms with Crippen LogP contribution in [0.25, 0.3) is 0 Å². The third kappa shape index (κ3) is 3.00. The number of hydrogen-bond donors (Lipinski definition) is 2. The minimum atomic E-state index is -0.0458. The first kappa shape index (κ1) is 12.4. The number of nitrogens with two attached hydrogens (primary N) is 1. The lowest BCUT2D eigenvalue weighted by molar-refractivity contribution is 0.248. The molecule has 1 aromatic rings. The van der Waals surface area contributed by atoms with Crippen molar-refractivity contribution in [3.05, 3.63) is 11.8 Å². The van der Waals surface area contributed by atoms with E-state index in [-0.39, 0.29) is 5.54 Å². The summed E-state index contributed by atoms with van der Waals surface area (Å²) in [6.07, 6.45) is 4.82. The van der Waals surface area contributed by atoms with Gasteiger partial charge in [0.2, 0.25) is 0 Å². The lowest BCUT2D eigenvalue weighted by Gasteiger charge is -2.37. The number of nitrogens with one attached hydrogen (secondary N) is 1. The number of aromatic nitrogens is 2. The molecule has 1 aliphatic carbocycles. The quantitative estimate of drug-likeness (QED) is 0.844. The number of rotatable bonds is 3. The Morgan fingerprint density at radius 1 is 1.65 bits per heavy atom. The summed E-state index contributed by atoms with van der Waals surface area (Å²) >= 11 is 0. The average Bonchev–Trinajstić information content (AvgIpc) is 2.54. The first-order valence-electron chi connectivity index (χ1n) is 6.52. The number of aryl methyl sites for hydroxylation is 2. The normalized spacial score (nSPS) is 29.3. The molecular formula is C13H24N4. The molecule has 2 rings (SSSR count). The topological polar surface area (TPSA) is 55.9 Å². The molecule has 4 nitrogen and oxygen atoms in total. The Morgan fingerprint density at radius 3 is 3.00 bits per heavy atom. The highest BCUT2D eigenvalue weighted by Crippen LogP contribution is 2.30. The molecule has 2 atom stereocenters. The Bertz CT molecular complexity index is 385. The fourth-order valence-corrected chi connectivity index (χ4v) is 2.90. The van der Waals surface area contributed by atoms with Gasteiger partial charge in [-0.15, -0.1) is 0 Å². The highest BCUT2D eigenvalue weighted by atomic mass is 15.3. The summed E-state index contributed by atoms with van der Waals surface area (Å²) in [7, 11) is 1.96. The summed E-state index contributed by atoms with van der Waals surface area (Å²) < 4.78 is 1.88. The van der Waals surface area contributed by atoms with Crippen LogP contribution in [0, 0.1) is 12.8 Å². The molecule has 1 saturated carbocycles. The van der Waals surface area contributed by atoms with Crippen molar-refractivity contribution in [2.45, 2.75) is 45.1 Å². The minimum absolute atomic E-state index is 0.0458. The van der Waals surface area contributed by atoms with Gasteiger partial charge in [-0.3, -0.25) is 4.68 Å². The number of hydrogen-bond acceptors (Lipinski definition) is 3. The van der Waals surface area contributed by atoms with E-state index in [0.29, 0.717) is 0 Å². The van der Waals surface area contributed by atoms with Crippen molar-refractivity contribution in [2.75, 3.05) is 11.9 Å². The molecule has 0 radical (unpaired) electrons. The van der Waals surface area contributed by atoms with Gasteiger partial charge in [-0.1, -0.05) is 19.8 Å². The van der Waals surface area contributed by atoms with E-state index in [2.05, 4.69) is 23.4 Å². The van der Waals surface area contributed by atoms with Gasteiger partial charge in [0.25, 0.3) is 0 Å². The van der Waals surface area contributed by atoms with Crippen molar-refractivity contribution in [2.24, 2.45) is 18.7 Å². The van der Waals surface area contributed by atoms with Crippen molar-refractivity contribution in [3.63, 3.8) is 0 Å². The highest BCUT2D eigenvalue weighted by Gasteiger charge is 2.30. The van der Waals surface area contributed by atoms with Crippen LogP contribution in [0.5, 0.6) is 0 Å². The molecule has 0 amide bonds. The molecule has 1 aliphatic rings. The fourth-order valence-electron chi connectivity index (χ4n) is 2.90. The van der Waals surface area contributed by atoms with Gasteiger partial charge in [0.15, 0.2) is 0 Å². The van der Waals surface area contributed by atoms with Crippen LogP contribution in [0.4, 0.5) is 5.82 Å². The second kappa shape index (κ2) is 4.69. The molecule has 2 unspecified atom stereocenters. The van der Waals surface area contributed by atoms with Crippen LogP contribution in [-0.2, 0) is 7.05 Å². The standard InChI is InChI=1S/C13H24N4/c1-10-5-4-6-13(14,8-10)9-15-12-7-11(2)16-17(12)3/h7,10,15H,4-6,8-9,14H2,1-3H3. The van der Waals surface area contributed by atoms with Crippen molar-refractivity contribution < 1.29 is 0 Å². The molecule has 1 aromatic heterocycles. The predicted molar refractivity (Wildman–Crippen MR) is 71.0 cm³/mol. The van der Waals surface area contributed by atoms with E-state index in [9.17, 15) is 0 Å². The molecule has 0 spiro atoms. The van der Waals surface area contributed by atoms with Gasteiger partial charge in [0, 0.05) is 25.2 Å². The Kier molecular flexibility index (Phi) is 3.43. The van der Waals surface area contributed by atoms with Crippen molar-refractivity contribution >= 4 is 5.82 Å². The molecule has 3 N–H and O–H groups in total. The van der Waals surface area contributed by atoms with Crippen molar-refractivity contribution in [3.8, 4) is 0 Å². The second-order valence-corrected chi connectivity index (χ2v) is 5.71. The Balaban J connectivity index is 1.95. The van der Waals surface area contributed by atoms with E-state index in [1.54, 1.807) is 0 Å². The van der Waals surface area contributed by atoms with Crippen LogP contribution in [-0.4, -0.2) is 21.9 Å². The van der Waals surface area contributed by atoms with Crippen molar-refractivity contribution in [1.29, 1.82) is 0 Å². The van der Waals surface area contributed by atoms with Crippen LogP contribution in [0.2, 0.25) is 0 Å². The van der Waals surface area contributed by atoms with Gasteiger partial charge in [-0.05, 0) is 25.7 Å². The minimum Gasteiger partial charge on any atom is -0.368 e. The van der Waals surface area contributed by atoms with Gasteiger partial charge >= 0.3 is 0 Å². The first-order chi connectivity index (χ1) is 7.98. The van der Waals surface area contributed by atoms with Gasteiger partial charge in [-0.25, -0.2) is 0 Å². The Hall–Kier alpha value is -1.03. The second-order valence-electron chi connectivity index (χ2n) is 5.71. The summed E-state index contributed by atoms with van der Waals surface area (Å²) in [6, 6.07) is 2.07. The maximum absolute atomic E-state index is 6.46. The van der Waals surface area contributed by atoms with E-state index in [1.165, 1.54) is 12.8 Å². The summed E-state index contributed by atoms with van der Waals surface area (Å²) in [5, 5.41) is 7.77. The molecule has 0 aliphatic heterocycles. The number of anilines is 1. The third-order valence-electron chi connectivity index (χ3n) is 3.75. The van der Waals surface area contributed by atoms with Gasteiger partial charge in [0.05, 0.1) is 5.69 Å². The zero-order valence-corrected chi connectivity index (χ0v) is 11.2. The lowest BCUT2D eigenvalue weighted by Crippen LogP contribution is -2.49. The van der Waals surface area contributed by atoms with Crippen molar-refractivity contribution in [1.82, 2.24) is 9.78 Å². The van der Waals surface area contributed by atoms with Crippen LogP contribution < -0.4 is 11.1 Å². The maximum Gasteiger partial charge on any atom is 0.124 e. The smallest absolute Gasteiger partial charge is 0.124 e. The predicted octanol–water partition coefficient (Wildman–Crippen LogP) is 2.05. The zero-order chi connectivity index (χ0) is 12.5. The molecule has 0 saturated heterocycles. The summed E-state index contributed by atoms with van der Waals surface area (Å²) in [5.74, 6) is 1.81. The highest BCUT2D eigenvalue weighted by molar-refractivity contribution is 5.37. The Morgan fingerprint density at radius 2 is 2.41 bits per heavy atom. The van der Waals surface area contributed by atoms with Crippen LogP contribution in [0.15, 0.2) is 6.07 Å². The number of nitrogens with zero attached hydrogens (tertiary/aromatic N) is 2.